The molecule has 0 atom stereocenters. The van der Waals surface area contributed by atoms with Gasteiger partial charge >= 0.3 is 213 Å². The van der Waals surface area contributed by atoms with Gasteiger partial charge in [0.25, 0.3) is 0 Å². The number of rotatable bonds is 5. The summed E-state index contributed by atoms with van der Waals surface area (Å²) in [5.74, 6) is -1.50. The van der Waals surface area contributed by atoms with Gasteiger partial charge in [-0.2, -0.15) is 0 Å². The van der Waals surface area contributed by atoms with Crippen molar-refractivity contribution in [3.05, 3.63) is 120 Å². The Bertz CT molecular complexity index is 1420. The maximum absolute atomic E-state index is 13.9. The van der Waals surface area contributed by atoms with Crippen LogP contribution in [0.5, 0.6) is 5.75 Å². The Morgan fingerprint density at radius 1 is 0.784 bits per heavy atom. The Morgan fingerprint density at radius 3 is 1.86 bits per heavy atom. The number of alkyl halides is 3. The molecule has 0 N–H and O–H groups in total. The van der Waals surface area contributed by atoms with E-state index in [-0.39, 0.29) is 6.16 Å². The van der Waals surface area contributed by atoms with Crippen molar-refractivity contribution in [1.82, 2.24) is 0 Å². The molecule has 0 radical (unpaired) electrons. The van der Waals surface area contributed by atoms with Gasteiger partial charge in [0.1, 0.15) is 0 Å². The van der Waals surface area contributed by atoms with Gasteiger partial charge in [-0.05, 0) is 0 Å². The van der Waals surface area contributed by atoms with E-state index in [1.807, 2.05) is 42.5 Å². The molecule has 0 fully saturated rings. The predicted octanol–water partition coefficient (Wildman–Crippen LogP) is 6.10. The summed E-state index contributed by atoms with van der Waals surface area (Å²) >= 11 is 0. The Morgan fingerprint density at radius 2 is 1.32 bits per heavy atom. The molecule has 1 aliphatic rings. The first-order chi connectivity index (χ1) is 17.8. The van der Waals surface area contributed by atoms with Crippen molar-refractivity contribution < 1.29 is 27.2 Å². The van der Waals surface area contributed by atoms with E-state index in [9.17, 15) is 18.0 Å². The molecule has 188 valence electrons. The topological polar surface area (TPSA) is 35.5 Å². The number of hydrogen-bond donors (Lipinski definition) is 0. The Kier molecular flexibility index (Phi) is 6.17. The predicted molar refractivity (Wildman–Crippen MR) is 143 cm³/mol. The van der Waals surface area contributed by atoms with E-state index in [1.165, 1.54) is 0 Å². The first-order valence-corrected chi connectivity index (χ1v) is 14.0. The average Bonchev–Trinajstić information content (AvgIpc) is 3.21. The van der Waals surface area contributed by atoms with Crippen LogP contribution in [0.1, 0.15) is 11.1 Å². The second-order valence-electron chi connectivity index (χ2n) is 8.88. The first-order valence-electron chi connectivity index (χ1n) is 11.7. The minimum absolute atomic E-state index is 0.104. The zero-order chi connectivity index (χ0) is 26.1. The van der Waals surface area contributed by atoms with Crippen LogP contribution in [-0.4, -0.2) is 25.4 Å². The molecule has 3 nitrogen and oxygen atoms in total. The molecule has 7 heteroatoms. The zero-order valence-corrected chi connectivity index (χ0v) is 20.9. The van der Waals surface area contributed by atoms with Crippen LogP contribution in [0, 0.1) is 0 Å². The first kappa shape index (κ1) is 24.8. The molecule has 5 rings (SSSR count). The number of carbonyl (C=O) groups excluding carboxylic acids is 1. The third-order valence-electron chi connectivity index (χ3n) is 6.81. The van der Waals surface area contributed by atoms with E-state index in [2.05, 4.69) is 0 Å². The van der Waals surface area contributed by atoms with Crippen LogP contribution < -0.4 is 20.7 Å². The number of benzene rings is 4. The van der Waals surface area contributed by atoms with E-state index in [1.54, 1.807) is 79.9 Å². The molecular weight excluding hydrogens is 496 g/mol. The summed E-state index contributed by atoms with van der Waals surface area (Å²) in [6.45, 7) is -4.45. The Labute approximate surface area is 213 Å². The van der Waals surface area contributed by atoms with Crippen LogP contribution in [0.4, 0.5) is 13.2 Å². The third kappa shape index (κ3) is 4.02. The number of allylic oxidation sites excluding steroid dienone is 1. The van der Waals surface area contributed by atoms with Crippen LogP contribution in [0.2, 0.25) is 0 Å². The molecule has 0 aliphatic carbocycles. The molecule has 0 unspecified atom stereocenters. The van der Waals surface area contributed by atoms with E-state index in [4.69, 9.17) is 9.26 Å². The molecule has 37 heavy (non-hydrogen) atoms. The molecule has 0 saturated heterocycles. The summed E-state index contributed by atoms with van der Waals surface area (Å²) in [5.41, 5.74) is 2.41. The van der Waals surface area contributed by atoms with Crippen molar-refractivity contribution in [2.75, 3.05) is 13.3 Å². The number of halogens is 3. The number of fused-ring (bicyclic) bond motifs is 1. The summed E-state index contributed by atoms with van der Waals surface area (Å²) < 4.78 is 52.9. The van der Waals surface area contributed by atoms with E-state index < -0.39 is 19.0 Å². The van der Waals surface area contributed by atoms with Crippen molar-refractivity contribution in [1.29, 1.82) is 0 Å². The summed E-state index contributed by atoms with van der Waals surface area (Å²) in [4.78, 5) is 12.8. The standard InChI is InChI=1S/C30H24F3O3P/c1-35-24-18-16-22(17-19-24)20-23-21-37(25-10-4-2-5-11-25,26-12-6-3-7-13-26,36-29(34)30(31,32)33)28-15-9-8-14-27(23)28/h2-20H,21H2,1H3/b23-20+. The van der Waals surface area contributed by atoms with Crippen LogP contribution in [0.25, 0.3) is 11.6 Å². The van der Waals surface area contributed by atoms with Crippen molar-refractivity contribution in [2.45, 2.75) is 6.18 Å². The molecule has 0 bridgehead atoms. The number of hydrogen-bond acceptors (Lipinski definition) is 3. The van der Waals surface area contributed by atoms with Crippen molar-refractivity contribution in [2.24, 2.45) is 0 Å². The zero-order valence-electron chi connectivity index (χ0n) is 20.0. The molecule has 0 saturated carbocycles. The molecule has 1 aliphatic heterocycles. The SMILES string of the molecule is COc1ccc(/C=C2\CP(OC(=O)C(F)(F)F)(c3ccccc3)(c3ccccc3)c3ccccc32)cc1. The van der Waals surface area contributed by atoms with Crippen LogP contribution >= 0.6 is 6.83 Å². The number of ether oxygens (including phenoxy) is 1. The third-order valence-corrected chi connectivity index (χ3v) is 12.5. The maximum atomic E-state index is 13.9. The van der Waals surface area contributed by atoms with Crippen LogP contribution in [-0.2, 0) is 9.32 Å². The summed E-state index contributed by atoms with van der Waals surface area (Å²) in [7, 11) is 1.58. The average molecular weight is 520 g/mol. The molecular formula is C30H24F3O3P. The van der Waals surface area contributed by atoms with Crippen molar-refractivity contribution >= 4 is 40.4 Å². The van der Waals surface area contributed by atoms with Gasteiger partial charge in [0.15, 0.2) is 0 Å². The second-order valence-corrected chi connectivity index (χ2v) is 13.3. The fraction of sp³-hybridized carbons (Fsp3) is 0.100. The summed E-state index contributed by atoms with van der Waals surface area (Å²) in [5, 5.41) is 1.72. The Balaban J connectivity index is 1.87. The van der Waals surface area contributed by atoms with Gasteiger partial charge in [-0.25, -0.2) is 0 Å². The van der Waals surface area contributed by atoms with E-state index in [0.29, 0.717) is 21.7 Å². The monoisotopic (exact) mass is 520 g/mol. The number of methoxy groups -OCH3 is 1. The summed E-state index contributed by atoms with van der Waals surface area (Å²) in [6.07, 6.45) is -3.11. The quantitative estimate of drug-likeness (QED) is 0.299. The molecule has 4 aromatic carbocycles. The van der Waals surface area contributed by atoms with Crippen molar-refractivity contribution in [3.63, 3.8) is 0 Å². The van der Waals surface area contributed by atoms with Gasteiger partial charge in [0.05, 0.1) is 0 Å². The van der Waals surface area contributed by atoms with Crippen molar-refractivity contribution in [3.8, 4) is 5.75 Å². The van der Waals surface area contributed by atoms with Gasteiger partial charge in [0.2, 0.25) is 0 Å². The molecule has 0 amide bonds. The van der Waals surface area contributed by atoms with Gasteiger partial charge in [-0.1, -0.05) is 0 Å². The second kappa shape index (κ2) is 9.20. The molecule has 4 aromatic rings. The number of carbonyl (C=O) groups is 1. The van der Waals surface area contributed by atoms with E-state index in [0.717, 1.165) is 16.7 Å². The van der Waals surface area contributed by atoms with Gasteiger partial charge in [-0.3, -0.25) is 0 Å². The minimum atomic E-state index is -5.16. The van der Waals surface area contributed by atoms with Crippen LogP contribution in [0.15, 0.2) is 109 Å². The Hall–Kier alpha value is -3.89. The van der Waals surface area contributed by atoms with E-state index >= 15 is 0 Å². The summed E-state index contributed by atoms with van der Waals surface area (Å²) in [6, 6.07) is 32.4. The van der Waals surface area contributed by atoms with Crippen LogP contribution in [0.3, 0.4) is 0 Å². The molecule has 1 heterocycles. The molecule has 0 aromatic heterocycles. The molecule has 0 spiro atoms. The van der Waals surface area contributed by atoms with Gasteiger partial charge < -0.3 is 0 Å². The van der Waals surface area contributed by atoms with Gasteiger partial charge in [-0.15, -0.1) is 0 Å². The van der Waals surface area contributed by atoms with Gasteiger partial charge in [0, 0.05) is 0 Å². The fourth-order valence-corrected chi connectivity index (χ4v) is 11.1. The normalized spacial score (nSPS) is 17.8. The fourth-order valence-electron chi connectivity index (χ4n) is 5.20.